The maximum atomic E-state index is 14.2. The molecule has 180 valence electrons. The summed E-state index contributed by atoms with van der Waals surface area (Å²) in [6.07, 6.45) is 3.97. The molecule has 8 nitrogen and oxygen atoms in total. The molecule has 35 heavy (non-hydrogen) atoms. The van der Waals surface area contributed by atoms with Gasteiger partial charge in [0.15, 0.2) is 0 Å². The Morgan fingerprint density at radius 2 is 2.03 bits per heavy atom. The maximum absolute atomic E-state index is 14.2. The fraction of sp³-hybridized carbons (Fsp3) is 0.320. The van der Waals surface area contributed by atoms with E-state index in [4.69, 9.17) is 16.9 Å². The highest BCUT2D eigenvalue weighted by atomic mass is 35.5. The number of anilines is 1. The smallest absolute Gasteiger partial charge is 0.282 e. The van der Waals surface area contributed by atoms with Crippen LogP contribution >= 0.6 is 11.6 Å². The Bertz CT molecular complexity index is 1470. The Morgan fingerprint density at radius 1 is 1.23 bits per heavy atom. The van der Waals surface area contributed by atoms with Gasteiger partial charge in [0, 0.05) is 61.6 Å². The molecule has 0 radical (unpaired) electrons. The Kier molecular flexibility index (Phi) is 6.01. The number of hydrogen-bond donors (Lipinski definition) is 0. The second-order valence-electron chi connectivity index (χ2n) is 8.98. The summed E-state index contributed by atoms with van der Waals surface area (Å²) in [5, 5.41) is 11.3. The van der Waals surface area contributed by atoms with E-state index in [1.165, 1.54) is 15.7 Å². The van der Waals surface area contributed by atoms with Crippen molar-refractivity contribution in [2.45, 2.75) is 24.8 Å². The molecule has 5 rings (SSSR count). The summed E-state index contributed by atoms with van der Waals surface area (Å²) in [5.41, 5.74) is 1.17. The lowest BCUT2D eigenvalue weighted by atomic mass is 9.74. The molecule has 1 atom stereocenters. The molecule has 3 heterocycles. The molecule has 3 aromatic rings. The van der Waals surface area contributed by atoms with Crippen LogP contribution in [0.5, 0.6) is 0 Å². The maximum Gasteiger partial charge on any atom is 0.282 e. The molecular weight excluding hydrogens is 486 g/mol. The standard InChI is InChI=1S/C25H24ClN5O3S/c1-29(11-4-10-27)35(33,34)30-16-19-7-8-20(26)13-22(19)25(17-30)9-12-31(24(25)32)23-15-28-14-18-5-2-3-6-21(18)23/h2-3,5-8,13-15H,4,9,11-12,16-17H2,1H3. The van der Waals surface area contributed by atoms with Crippen molar-refractivity contribution in [1.29, 1.82) is 5.26 Å². The fourth-order valence-electron chi connectivity index (χ4n) is 5.16. The third-order valence-electron chi connectivity index (χ3n) is 6.99. The zero-order valence-corrected chi connectivity index (χ0v) is 20.8. The zero-order valence-electron chi connectivity index (χ0n) is 19.2. The van der Waals surface area contributed by atoms with Crippen molar-refractivity contribution in [3.63, 3.8) is 0 Å². The van der Waals surface area contributed by atoms with E-state index in [1.807, 2.05) is 30.3 Å². The molecule has 10 heteroatoms. The van der Waals surface area contributed by atoms with E-state index >= 15 is 0 Å². The fourth-order valence-corrected chi connectivity index (χ4v) is 6.73. The van der Waals surface area contributed by atoms with Gasteiger partial charge in [0.1, 0.15) is 0 Å². The quantitative estimate of drug-likeness (QED) is 0.524. The highest BCUT2D eigenvalue weighted by Gasteiger charge is 2.54. The van der Waals surface area contributed by atoms with Gasteiger partial charge in [-0.25, -0.2) is 0 Å². The topological polar surface area (TPSA) is 97.6 Å². The van der Waals surface area contributed by atoms with Crippen LogP contribution in [0.1, 0.15) is 24.0 Å². The van der Waals surface area contributed by atoms with Crippen molar-refractivity contribution in [2.24, 2.45) is 0 Å². The summed E-state index contributed by atoms with van der Waals surface area (Å²) < 4.78 is 29.4. The third kappa shape index (κ3) is 3.87. The van der Waals surface area contributed by atoms with Crippen LogP contribution in [0.4, 0.5) is 5.69 Å². The predicted molar refractivity (Wildman–Crippen MR) is 134 cm³/mol. The second kappa shape index (κ2) is 8.88. The number of rotatable bonds is 5. The van der Waals surface area contributed by atoms with Crippen molar-refractivity contribution in [3.8, 4) is 6.07 Å². The van der Waals surface area contributed by atoms with Crippen LogP contribution in [0, 0.1) is 11.3 Å². The first-order chi connectivity index (χ1) is 16.8. The van der Waals surface area contributed by atoms with Crippen molar-refractivity contribution < 1.29 is 13.2 Å². The van der Waals surface area contributed by atoms with Crippen LogP contribution in [0.25, 0.3) is 10.8 Å². The molecule has 0 N–H and O–H groups in total. The van der Waals surface area contributed by atoms with E-state index in [-0.39, 0.29) is 32.0 Å². The first-order valence-corrected chi connectivity index (χ1v) is 13.1. The van der Waals surface area contributed by atoms with Gasteiger partial charge < -0.3 is 4.90 Å². The predicted octanol–water partition coefficient (Wildman–Crippen LogP) is 3.47. The van der Waals surface area contributed by atoms with Gasteiger partial charge in [-0.2, -0.15) is 22.3 Å². The number of amides is 1. The van der Waals surface area contributed by atoms with Crippen molar-refractivity contribution in [3.05, 3.63) is 71.0 Å². The first kappa shape index (κ1) is 23.7. The Balaban J connectivity index is 1.59. The van der Waals surface area contributed by atoms with Crippen molar-refractivity contribution in [2.75, 3.05) is 31.6 Å². The number of fused-ring (bicyclic) bond motifs is 3. The number of carbonyl (C=O) groups excluding carboxylic acids is 1. The normalized spacial score (nSPS) is 20.5. The number of carbonyl (C=O) groups is 1. The molecule has 1 saturated heterocycles. The molecule has 1 fully saturated rings. The van der Waals surface area contributed by atoms with Gasteiger partial charge in [0.2, 0.25) is 5.91 Å². The molecule has 1 unspecified atom stereocenters. The van der Waals surface area contributed by atoms with E-state index in [1.54, 1.807) is 35.5 Å². The summed E-state index contributed by atoms with van der Waals surface area (Å²) in [5.74, 6) is -0.168. The summed E-state index contributed by atoms with van der Waals surface area (Å²) in [4.78, 5) is 20.2. The summed E-state index contributed by atoms with van der Waals surface area (Å²) in [6, 6.07) is 15.0. The summed E-state index contributed by atoms with van der Waals surface area (Å²) in [7, 11) is -2.43. The van der Waals surface area contributed by atoms with Gasteiger partial charge in [-0.3, -0.25) is 9.78 Å². The molecule has 2 aliphatic rings. The van der Waals surface area contributed by atoms with Crippen molar-refractivity contribution in [1.82, 2.24) is 13.6 Å². The van der Waals surface area contributed by atoms with Gasteiger partial charge in [0.05, 0.1) is 23.4 Å². The number of nitrogens with zero attached hydrogens (tertiary/aromatic N) is 5. The summed E-state index contributed by atoms with van der Waals surface area (Å²) >= 11 is 6.35. The van der Waals surface area contributed by atoms with Crippen LogP contribution in [-0.2, 0) is 27.0 Å². The zero-order chi connectivity index (χ0) is 24.8. The number of pyridine rings is 1. The third-order valence-corrected chi connectivity index (χ3v) is 9.11. The molecular formula is C25H24ClN5O3S. The number of aromatic nitrogens is 1. The molecule has 0 saturated carbocycles. The van der Waals surface area contributed by atoms with E-state index < -0.39 is 15.6 Å². The van der Waals surface area contributed by atoms with E-state index in [9.17, 15) is 13.2 Å². The van der Waals surface area contributed by atoms with Gasteiger partial charge in [-0.1, -0.05) is 41.9 Å². The largest absolute Gasteiger partial charge is 0.309 e. The first-order valence-electron chi connectivity index (χ1n) is 11.3. The van der Waals surface area contributed by atoms with Gasteiger partial charge >= 0.3 is 0 Å². The minimum Gasteiger partial charge on any atom is -0.309 e. The monoisotopic (exact) mass is 509 g/mol. The molecule has 0 aliphatic carbocycles. The molecule has 1 aromatic heterocycles. The van der Waals surface area contributed by atoms with Crippen LogP contribution in [0.3, 0.4) is 0 Å². The number of nitriles is 1. The van der Waals surface area contributed by atoms with Crippen LogP contribution in [-0.4, -0.2) is 54.6 Å². The Morgan fingerprint density at radius 3 is 2.83 bits per heavy atom. The molecule has 1 amide bonds. The van der Waals surface area contributed by atoms with Crippen LogP contribution in [0.2, 0.25) is 5.02 Å². The summed E-state index contributed by atoms with van der Waals surface area (Å²) in [6.45, 7) is 0.653. The molecule has 2 aliphatic heterocycles. The number of hydrogen-bond acceptors (Lipinski definition) is 5. The Hall–Kier alpha value is -3.03. The average molecular weight is 510 g/mol. The Labute approximate surface area is 209 Å². The average Bonchev–Trinajstić information content (AvgIpc) is 3.18. The number of halogens is 1. The lowest BCUT2D eigenvalue weighted by Crippen LogP contribution is -2.54. The SMILES string of the molecule is CN(CCC#N)S(=O)(=O)N1Cc2ccc(Cl)cc2C2(CCN(c3cncc4ccccc34)C2=O)C1. The lowest BCUT2D eigenvalue weighted by Gasteiger charge is -2.41. The lowest BCUT2D eigenvalue weighted by molar-refractivity contribution is -0.122. The minimum atomic E-state index is -3.89. The van der Waals surface area contributed by atoms with Gasteiger partial charge in [-0.15, -0.1) is 0 Å². The van der Waals surface area contributed by atoms with E-state index in [0.29, 0.717) is 23.7 Å². The van der Waals surface area contributed by atoms with Crippen LogP contribution in [0.15, 0.2) is 54.9 Å². The van der Waals surface area contributed by atoms with E-state index in [2.05, 4.69) is 4.98 Å². The molecule has 1 spiro atoms. The minimum absolute atomic E-state index is 0.00704. The van der Waals surface area contributed by atoms with Crippen molar-refractivity contribution >= 4 is 44.2 Å². The second-order valence-corrected chi connectivity index (χ2v) is 11.4. The van der Waals surface area contributed by atoms with Gasteiger partial charge in [-0.05, 0) is 29.7 Å². The molecule has 0 bridgehead atoms. The number of benzene rings is 2. The highest BCUT2D eigenvalue weighted by Crippen LogP contribution is 2.45. The molecule has 2 aromatic carbocycles. The van der Waals surface area contributed by atoms with E-state index in [0.717, 1.165) is 21.9 Å². The highest BCUT2D eigenvalue weighted by molar-refractivity contribution is 7.86. The van der Waals surface area contributed by atoms with Crippen LogP contribution < -0.4 is 4.90 Å². The van der Waals surface area contributed by atoms with Gasteiger partial charge in [0.25, 0.3) is 10.2 Å².